The minimum absolute atomic E-state index is 0.0407. The highest BCUT2D eigenvalue weighted by molar-refractivity contribution is 5.83. The fraction of sp³-hybridized carbons (Fsp3) is 0.458. The molecule has 146 valence electrons. The molecule has 4 nitrogen and oxygen atoms in total. The van der Waals surface area contributed by atoms with Crippen LogP contribution in [0.3, 0.4) is 0 Å². The molecule has 28 heavy (non-hydrogen) atoms. The summed E-state index contributed by atoms with van der Waals surface area (Å²) < 4.78 is 5.81. The number of hydrogen-bond acceptors (Lipinski definition) is 3. The monoisotopic (exact) mass is 376 g/mol. The first-order valence-electron chi connectivity index (χ1n) is 10.4. The number of aryl methyl sites for hydroxylation is 1. The lowest BCUT2D eigenvalue weighted by Crippen LogP contribution is -2.53. The van der Waals surface area contributed by atoms with Gasteiger partial charge in [-0.3, -0.25) is 9.69 Å². The van der Waals surface area contributed by atoms with Gasteiger partial charge in [-0.1, -0.05) is 54.1 Å². The van der Waals surface area contributed by atoms with Crippen molar-refractivity contribution >= 4 is 5.91 Å². The van der Waals surface area contributed by atoms with E-state index >= 15 is 0 Å². The molecular formula is C24H28N2O2. The summed E-state index contributed by atoms with van der Waals surface area (Å²) in [5.74, 6) is 1.13. The van der Waals surface area contributed by atoms with Gasteiger partial charge in [-0.05, 0) is 48.3 Å². The third-order valence-electron chi connectivity index (χ3n) is 6.69. The van der Waals surface area contributed by atoms with Crippen LogP contribution < -0.4 is 5.32 Å². The number of rotatable bonds is 4. The van der Waals surface area contributed by atoms with Gasteiger partial charge >= 0.3 is 0 Å². The van der Waals surface area contributed by atoms with Gasteiger partial charge in [-0.2, -0.15) is 0 Å². The van der Waals surface area contributed by atoms with E-state index in [1.54, 1.807) is 0 Å². The van der Waals surface area contributed by atoms with Crippen LogP contribution in [0.4, 0.5) is 0 Å². The summed E-state index contributed by atoms with van der Waals surface area (Å²) >= 11 is 0. The third kappa shape index (κ3) is 3.36. The molecule has 2 aliphatic heterocycles. The number of nitrogens with zero attached hydrogens (tertiary/aromatic N) is 1. The van der Waals surface area contributed by atoms with Crippen LogP contribution in [-0.2, 0) is 22.7 Å². The first kappa shape index (κ1) is 17.9. The maximum atomic E-state index is 13.0. The van der Waals surface area contributed by atoms with Gasteiger partial charge < -0.3 is 10.1 Å². The molecule has 1 amide bonds. The Morgan fingerprint density at radius 2 is 1.89 bits per heavy atom. The number of benzene rings is 2. The first-order chi connectivity index (χ1) is 13.7. The molecule has 2 aromatic carbocycles. The van der Waals surface area contributed by atoms with Gasteiger partial charge in [0.25, 0.3) is 5.91 Å². The molecule has 4 heteroatoms. The van der Waals surface area contributed by atoms with Crippen LogP contribution >= 0.6 is 0 Å². The van der Waals surface area contributed by atoms with Crippen LogP contribution in [-0.4, -0.2) is 29.9 Å². The molecule has 1 saturated heterocycles. The molecule has 2 heterocycles. The number of amides is 1. The number of nitrogens with one attached hydrogen (secondary N) is 1. The Kier molecular flexibility index (Phi) is 4.69. The Balaban J connectivity index is 1.23. The van der Waals surface area contributed by atoms with Gasteiger partial charge in [-0.25, -0.2) is 0 Å². The second kappa shape index (κ2) is 7.34. The number of carbonyl (C=O) groups excluding carboxylic acids is 1. The molecule has 0 spiro atoms. The van der Waals surface area contributed by atoms with Gasteiger partial charge in [0.1, 0.15) is 0 Å². The van der Waals surface area contributed by atoms with E-state index in [9.17, 15) is 4.79 Å². The van der Waals surface area contributed by atoms with Gasteiger partial charge in [-0.15, -0.1) is 0 Å². The van der Waals surface area contributed by atoms with Gasteiger partial charge in [0, 0.05) is 25.7 Å². The first-order valence-corrected chi connectivity index (χ1v) is 10.4. The summed E-state index contributed by atoms with van der Waals surface area (Å²) in [6, 6.07) is 17.2. The molecule has 4 atom stereocenters. The second-order valence-electron chi connectivity index (χ2n) is 8.70. The Bertz CT molecular complexity index is 866. The highest BCUT2D eigenvalue weighted by Crippen LogP contribution is 2.38. The summed E-state index contributed by atoms with van der Waals surface area (Å²) in [7, 11) is 0. The van der Waals surface area contributed by atoms with Crippen LogP contribution in [0.5, 0.6) is 0 Å². The Labute approximate surface area is 166 Å². The maximum absolute atomic E-state index is 13.0. The van der Waals surface area contributed by atoms with Crippen LogP contribution in [0.2, 0.25) is 0 Å². The van der Waals surface area contributed by atoms with Gasteiger partial charge in [0.2, 0.25) is 0 Å². The molecule has 3 aliphatic rings. The zero-order valence-corrected chi connectivity index (χ0v) is 16.4. The fourth-order valence-electron chi connectivity index (χ4n) is 5.39. The average molecular weight is 377 g/mol. The Hall–Kier alpha value is -2.17. The lowest BCUT2D eigenvalue weighted by atomic mass is 9.91. The average Bonchev–Trinajstić information content (AvgIpc) is 3.20. The molecule has 0 aromatic heterocycles. The third-order valence-corrected chi connectivity index (χ3v) is 6.69. The smallest absolute Gasteiger partial charge is 0.254 e. The fourth-order valence-corrected chi connectivity index (χ4v) is 5.39. The Morgan fingerprint density at radius 3 is 2.68 bits per heavy atom. The minimum atomic E-state index is -0.444. The number of likely N-dealkylation sites (tertiary alicyclic amines) is 1. The van der Waals surface area contributed by atoms with Crippen molar-refractivity contribution in [3.05, 3.63) is 70.8 Å². The van der Waals surface area contributed by atoms with Crippen LogP contribution in [0.15, 0.2) is 48.5 Å². The van der Waals surface area contributed by atoms with Crippen molar-refractivity contribution in [1.29, 1.82) is 0 Å². The summed E-state index contributed by atoms with van der Waals surface area (Å²) in [5, 5.41) is 3.37. The molecule has 1 aliphatic carbocycles. The normalized spacial score (nSPS) is 28.9. The largest absolute Gasteiger partial charge is 0.359 e. The van der Waals surface area contributed by atoms with Crippen molar-refractivity contribution in [3.8, 4) is 0 Å². The quantitative estimate of drug-likeness (QED) is 0.887. The molecule has 5 rings (SSSR count). The Morgan fingerprint density at radius 1 is 1.11 bits per heavy atom. The summed E-state index contributed by atoms with van der Waals surface area (Å²) in [4.78, 5) is 15.5. The van der Waals surface area contributed by atoms with Crippen molar-refractivity contribution in [2.45, 2.75) is 45.1 Å². The molecule has 2 unspecified atom stereocenters. The van der Waals surface area contributed by atoms with E-state index < -0.39 is 6.10 Å². The summed E-state index contributed by atoms with van der Waals surface area (Å²) in [5.41, 5.74) is 4.88. The van der Waals surface area contributed by atoms with Crippen molar-refractivity contribution in [2.75, 3.05) is 13.1 Å². The van der Waals surface area contributed by atoms with Crippen molar-refractivity contribution in [2.24, 2.45) is 11.8 Å². The number of ether oxygens (including phenoxy) is 1. The minimum Gasteiger partial charge on any atom is -0.359 e. The summed E-state index contributed by atoms with van der Waals surface area (Å²) in [6.45, 7) is 5.83. The number of fused-ring (bicyclic) bond motifs is 3. The van der Waals surface area contributed by atoms with Crippen LogP contribution in [0, 0.1) is 18.8 Å². The molecular weight excluding hydrogens is 348 g/mol. The van der Waals surface area contributed by atoms with E-state index in [0.29, 0.717) is 18.4 Å². The number of carbonyl (C=O) groups is 1. The molecule has 2 bridgehead atoms. The zero-order valence-electron chi connectivity index (χ0n) is 16.4. The van der Waals surface area contributed by atoms with Crippen molar-refractivity contribution in [1.82, 2.24) is 10.2 Å². The van der Waals surface area contributed by atoms with Crippen molar-refractivity contribution < 1.29 is 9.53 Å². The molecule has 2 fully saturated rings. The predicted molar refractivity (Wildman–Crippen MR) is 109 cm³/mol. The van der Waals surface area contributed by atoms with E-state index in [-0.39, 0.29) is 11.9 Å². The van der Waals surface area contributed by atoms with Crippen molar-refractivity contribution in [3.63, 3.8) is 0 Å². The van der Waals surface area contributed by atoms with E-state index in [1.807, 2.05) is 18.2 Å². The molecule has 1 N–H and O–H groups in total. The predicted octanol–water partition coefficient (Wildman–Crippen LogP) is 3.59. The zero-order chi connectivity index (χ0) is 19.1. The maximum Gasteiger partial charge on any atom is 0.254 e. The molecule has 1 saturated carbocycles. The second-order valence-corrected chi connectivity index (χ2v) is 8.70. The molecule has 2 aromatic rings. The van der Waals surface area contributed by atoms with E-state index in [4.69, 9.17) is 4.74 Å². The highest BCUT2D eigenvalue weighted by Gasteiger charge is 2.43. The van der Waals surface area contributed by atoms with Crippen LogP contribution in [0.25, 0.3) is 0 Å². The standard InChI is InChI=1S/C24H28N2O2/c1-16-5-4-6-17(11-16)12-26-13-18-9-10-19(14-26)22(18)25-24(27)23-21-8-3-2-7-20(21)15-28-23/h2-8,11,18-19,22-23H,9-10,12-15H2,1H3,(H,25,27)/t18-,19+,22?,23?. The van der Waals surface area contributed by atoms with E-state index in [2.05, 4.69) is 47.5 Å². The lowest BCUT2D eigenvalue weighted by Gasteiger charge is -2.38. The number of hydrogen-bond donors (Lipinski definition) is 1. The number of piperidine rings is 1. The molecule has 0 radical (unpaired) electrons. The highest BCUT2D eigenvalue weighted by atomic mass is 16.5. The van der Waals surface area contributed by atoms with Gasteiger partial charge in [0.15, 0.2) is 6.10 Å². The summed E-state index contributed by atoms with van der Waals surface area (Å²) in [6.07, 6.45) is 1.98. The lowest BCUT2D eigenvalue weighted by molar-refractivity contribution is -0.134. The van der Waals surface area contributed by atoms with E-state index in [1.165, 1.54) is 24.0 Å². The van der Waals surface area contributed by atoms with E-state index in [0.717, 1.165) is 30.8 Å². The topological polar surface area (TPSA) is 41.6 Å². The van der Waals surface area contributed by atoms with Gasteiger partial charge in [0.05, 0.1) is 6.61 Å². The SMILES string of the molecule is Cc1cccc(CN2C[C@H]3CC[C@@H](C2)C3NC(=O)C2OCc3ccccc32)c1. The van der Waals surface area contributed by atoms with Crippen LogP contribution in [0.1, 0.15) is 41.2 Å².